The molecule has 1 amide bonds. The van der Waals surface area contributed by atoms with Gasteiger partial charge in [-0.25, -0.2) is 4.98 Å². The summed E-state index contributed by atoms with van der Waals surface area (Å²) < 4.78 is 0. The van der Waals surface area contributed by atoms with E-state index in [4.69, 9.17) is 11.6 Å². The summed E-state index contributed by atoms with van der Waals surface area (Å²) >= 11 is 6.12. The van der Waals surface area contributed by atoms with E-state index in [1.54, 1.807) is 42.6 Å². The summed E-state index contributed by atoms with van der Waals surface area (Å²) in [5.74, 6) is -0.405. The third kappa shape index (κ3) is 4.51. The van der Waals surface area contributed by atoms with Crippen LogP contribution in [0.3, 0.4) is 0 Å². The van der Waals surface area contributed by atoms with Crippen LogP contribution in [0, 0.1) is 6.92 Å². The molecule has 0 unspecified atom stereocenters. The van der Waals surface area contributed by atoms with E-state index in [0.717, 1.165) is 16.9 Å². The van der Waals surface area contributed by atoms with Gasteiger partial charge in [0.05, 0.1) is 11.9 Å². The van der Waals surface area contributed by atoms with E-state index in [1.807, 2.05) is 25.1 Å². The van der Waals surface area contributed by atoms with E-state index < -0.39 is 0 Å². The standard InChI is InChI=1S/C21H18ClN3O2/c1-13-18(22)7-4-8-19(13)24-17-9-10-20(23-12-17)21(27)25-16-6-3-5-15(11-16)14(2)26/h3-12,24H,1-2H3,(H,25,27). The van der Waals surface area contributed by atoms with Crippen LogP contribution in [0.25, 0.3) is 0 Å². The number of hydrogen-bond donors (Lipinski definition) is 2. The highest BCUT2D eigenvalue weighted by molar-refractivity contribution is 6.31. The predicted molar refractivity (Wildman–Crippen MR) is 108 cm³/mol. The number of amides is 1. The lowest BCUT2D eigenvalue weighted by molar-refractivity contribution is 0.100. The van der Waals surface area contributed by atoms with Crippen molar-refractivity contribution in [3.05, 3.63) is 82.6 Å². The van der Waals surface area contributed by atoms with Gasteiger partial charge < -0.3 is 10.6 Å². The predicted octanol–water partition coefficient (Wildman–Crippen LogP) is 5.24. The smallest absolute Gasteiger partial charge is 0.274 e. The van der Waals surface area contributed by atoms with Gasteiger partial charge >= 0.3 is 0 Å². The lowest BCUT2D eigenvalue weighted by atomic mass is 10.1. The van der Waals surface area contributed by atoms with Crippen LogP contribution in [0.2, 0.25) is 5.02 Å². The Hall–Kier alpha value is -3.18. The molecule has 0 saturated heterocycles. The van der Waals surface area contributed by atoms with Crippen LogP contribution in [-0.2, 0) is 0 Å². The average Bonchev–Trinajstić information content (AvgIpc) is 2.66. The SMILES string of the molecule is CC(=O)c1cccc(NC(=O)c2ccc(Nc3cccc(Cl)c3C)cn2)c1. The van der Waals surface area contributed by atoms with Gasteiger partial charge in [-0.2, -0.15) is 0 Å². The topological polar surface area (TPSA) is 71.1 Å². The maximum atomic E-state index is 12.4. The van der Waals surface area contributed by atoms with E-state index in [0.29, 0.717) is 16.3 Å². The number of aromatic nitrogens is 1. The fraction of sp³-hybridized carbons (Fsp3) is 0.0952. The van der Waals surface area contributed by atoms with E-state index in [-0.39, 0.29) is 17.4 Å². The van der Waals surface area contributed by atoms with Gasteiger partial charge in [0.1, 0.15) is 5.69 Å². The molecule has 5 nitrogen and oxygen atoms in total. The lowest BCUT2D eigenvalue weighted by Crippen LogP contribution is -2.14. The fourth-order valence-electron chi connectivity index (χ4n) is 2.51. The summed E-state index contributed by atoms with van der Waals surface area (Å²) in [4.78, 5) is 28.0. The molecule has 0 aliphatic heterocycles. The van der Waals surface area contributed by atoms with Gasteiger partial charge in [-0.05, 0) is 55.8 Å². The largest absolute Gasteiger partial charge is 0.354 e. The zero-order chi connectivity index (χ0) is 19.4. The Bertz CT molecular complexity index is 1000. The normalized spacial score (nSPS) is 10.3. The number of rotatable bonds is 5. The molecular formula is C21H18ClN3O2. The van der Waals surface area contributed by atoms with Crippen molar-refractivity contribution in [2.45, 2.75) is 13.8 Å². The fourth-order valence-corrected chi connectivity index (χ4v) is 2.69. The first kappa shape index (κ1) is 18.6. The molecule has 0 bridgehead atoms. The Kier molecular flexibility index (Phi) is 5.52. The minimum Gasteiger partial charge on any atom is -0.354 e. The van der Waals surface area contributed by atoms with Gasteiger partial charge in [0, 0.05) is 22.0 Å². The number of anilines is 3. The van der Waals surface area contributed by atoms with Crippen LogP contribution in [0.5, 0.6) is 0 Å². The van der Waals surface area contributed by atoms with Crippen LogP contribution < -0.4 is 10.6 Å². The van der Waals surface area contributed by atoms with Crippen LogP contribution in [0.4, 0.5) is 17.1 Å². The Morgan fingerprint density at radius 2 is 1.78 bits per heavy atom. The summed E-state index contributed by atoms with van der Waals surface area (Å²) in [6, 6.07) is 15.8. The molecule has 1 aromatic heterocycles. The second kappa shape index (κ2) is 8.01. The first-order chi connectivity index (χ1) is 12.9. The third-order valence-electron chi connectivity index (χ3n) is 4.07. The van der Waals surface area contributed by atoms with Crippen LogP contribution >= 0.6 is 11.6 Å². The highest BCUT2D eigenvalue weighted by atomic mass is 35.5. The van der Waals surface area contributed by atoms with Crippen LogP contribution in [0.15, 0.2) is 60.8 Å². The lowest BCUT2D eigenvalue weighted by Gasteiger charge is -2.11. The summed E-state index contributed by atoms with van der Waals surface area (Å²) in [5, 5.41) is 6.66. The van der Waals surface area contributed by atoms with Crippen molar-refractivity contribution in [1.29, 1.82) is 0 Å². The van der Waals surface area contributed by atoms with Crippen molar-refractivity contribution >= 4 is 40.4 Å². The molecule has 27 heavy (non-hydrogen) atoms. The maximum Gasteiger partial charge on any atom is 0.274 e. The number of nitrogens with zero attached hydrogens (tertiary/aromatic N) is 1. The van der Waals surface area contributed by atoms with E-state index in [9.17, 15) is 9.59 Å². The van der Waals surface area contributed by atoms with Crippen molar-refractivity contribution in [3.63, 3.8) is 0 Å². The Labute approximate surface area is 162 Å². The second-order valence-corrected chi connectivity index (χ2v) is 6.47. The summed E-state index contributed by atoms with van der Waals surface area (Å²) in [6.07, 6.45) is 1.58. The highest BCUT2D eigenvalue weighted by Gasteiger charge is 2.09. The van der Waals surface area contributed by atoms with Gasteiger partial charge in [-0.3, -0.25) is 9.59 Å². The number of ketones is 1. The molecule has 0 saturated carbocycles. The van der Waals surface area contributed by atoms with Crippen molar-refractivity contribution in [2.24, 2.45) is 0 Å². The van der Waals surface area contributed by atoms with Gasteiger partial charge in [-0.1, -0.05) is 29.8 Å². The number of nitrogens with one attached hydrogen (secondary N) is 2. The number of carbonyl (C=O) groups is 2. The average molecular weight is 380 g/mol. The van der Waals surface area contributed by atoms with Crippen molar-refractivity contribution in [1.82, 2.24) is 4.98 Å². The van der Waals surface area contributed by atoms with E-state index in [1.165, 1.54) is 6.92 Å². The summed E-state index contributed by atoms with van der Waals surface area (Å²) in [5.41, 5.74) is 3.92. The van der Waals surface area contributed by atoms with Crippen molar-refractivity contribution in [2.75, 3.05) is 10.6 Å². The van der Waals surface area contributed by atoms with Gasteiger partial charge in [-0.15, -0.1) is 0 Å². The Morgan fingerprint density at radius 1 is 1.00 bits per heavy atom. The zero-order valence-electron chi connectivity index (χ0n) is 14.9. The molecule has 0 radical (unpaired) electrons. The van der Waals surface area contributed by atoms with Gasteiger partial charge in [0.15, 0.2) is 5.78 Å². The Balaban J connectivity index is 1.71. The number of Topliss-reactive ketones (excluding diaryl/α,β-unsaturated/α-hetero) is 1. The first-order valence-corrected chi connectivity index (χ1v) is 8.72. The Morgan fingerprint density at radius 3 is 2.48 bits per heavy atom. The molecule has 3 rings (SSSR count). The van der Waals surface area contributed by atoms with Crippen molar-refractivity contribution < 1.29 is 9.59 Å². The number of halogens is 1. The van der Waals surface area contributed by atoms with Crippen molar-refractivity contribution in [3.8, 4) is 0 Å². The summed E-state index contributed by atoms with van der Waals surface area (Å²) in [7, 11) is 0. The number of pyridine rings is 1. The van der Waals surface area contributed by atoms with E-state index >= 15 is 0 Å². The molecule has 136 valence electrons. The van der Waals surface area contributed by atoms with Crippen LogP contribution in [0.1, 0.15) is 33.3 Å². The molecule has 2 N–H and O–H groups in total. The first-order valence-electron chi connectivity index (χ1n) is 8.34. The van der Waals surface area contributed by atoms with Crippen LogP contribution in [-0.4, -0.2) is 16.7 Å². The monoisotopic (exact) mass is 379 g/mol. The molecular weight excluding hydrogens is 362 g/mol. The van der Waals surface area contributed by atoms with Gasteiger partial charge in [0.25, 0.3) is 5.91 Å². The summed E-state index contributed by atoms with van der Waals surface area (Å²) in [6.45, 7) is 3.41. The molecule has 0 spiro atoms. The minimum atomic E-state index is -0.346. The molecule has 3 aromatic rings. The molecule has 2 aromatic carbocycles. The highest BCUT2D eigenvalue weighted by Crippen LogP contribution is 2.26. The maximum absolute atomic E-state index is 12.4. The molecule has 0 atom stereocenters. The zero-order valence-corrected chi connectivity index (χ0v) is 15.7. The number of benzene rings is 2. The molecule has 1 heterocycles. The third-order valence-corrected chi connectivity index (χ3v) is 4.48. The molecule has 6 heteroatoms. The number of carbonyl (C=O) groups excluding carboxylic acids is 2. The molecule has 0 fully saturated rings. The van der Waals surface area contributed by atoms with Gasteiger partial charge in [0.2, 0.25) is 0 Å². The molecule has 0 aliphatic carbocycles. The number of hydrogen-bond acceptors (Lipinski definition) is 4. The van der Waals surface area contributed by atoms with E-state index in [2.05, 4.69) is 15.6 Å². The quantitative estimate of drug-likeness (QED) is 0.594. The minimum absolute atomic E-state index is 0.0593. The molecule has 0 aliphatic rings. The second-order valence-electron chi connectivity index (χ2n) is 6.06.